The van der Waals surface area contributed by atoms with Gasteiger partial charge in [-0.3, -0.25) is 0 Å². The highest BCUT2D eigenvalue weighted by molar-refractivity contribution is 5.29. The highest BCUT2D eigenvalue weighted by Crippen LogP contribution is 2.20. The second kappa shape index (κ2) is 5.11. The summed E-state index contributed by atoms with van der Waals surface area (Å²) < 4.78 is 12.8. The Bertz CT molecular complexity index is 296. The van der Waals surface area contributed by atoms with Gasteiger partial charge in [-0.1, -0.05) is 25.8 Å². The molecule has 0 bridgehead atoms. The number of rotatable bonds is 4. The van der Waals surface area contributed by atoms with E-state index < -0.39 is 0 Å². The van der Waals surface area contributed by atoms with Crippen LogP contribution in [-0.4, -0.2) is 0 Å². The first-order chi connectivity index (χ1) is 6.65. The third-order valence-corrected chi connectivity index (χ3v) is 2.50. The molecule has 1 nitrogen and oxygen atoms in total. The minimum atomic E-state index is -0.186. The number of hydrogen-bond acceptors (Lipinski definition) is 1. The van der Waals surface area contributed by atoms with Crippen molar-refractivity contribution >= 4 is 0 Å². The van der Waals surface area contributed by atoms with E-state index in [-0.39, 0.29) is 11.9 Å². The zero-order chi connectivity index (χ0) is 10.6. The van der Waals surface area contributed by atoms with Crippen molar-refractivity contribution in [3.05, 3.63) is 35.1 Å². The minimum absolute atomic E-state index is 0.0514. The maximum absolute atomic E-state index is 12.8. The summed E-state index contributed by atoms with van der Waals surface area (Å²) in [7, 11) is 0. The molecule has 0 aliphatic carbocycles. The maximum atomic E-state index is 12.8. The number of nitrogens with two attached hydrogens (primary N) is 1. The van der Waals surface area contributed by atoms with E-state index >= 15 is 0 Å². The molecule has 0 radical (unpaired) electrons. The lowest BCUT2D eigenvalue weighted by Crippen LogP contribution is -2.11. The van der Waals surface area contributed by atoms with Gasteiger partial charge in [0.15, 0.2) is 0 Å². The highest BCUT2D eigenvalue weighted by Gasteiger charge is 2.08. The largest absolute Gasteiger partial charge is 0.324 e. The third kappa shape index (κ3) is 2.81. The second-order valence-electron chi connectivity index (χ2n) is 3.75. The lowest BCUT2D eigenvalue weighted by atomic mass is 9.98. The maximum Gasteiger partial charge on any atom is 0.123 e. The van der Waals surface area contributed by atoms with Crippen molar-refractivity contribution in [3.63, 3.8) is 0 Å². The average molecular weight is 195 g/mol. The fourth-order valence-electron chi connectivity index (χ4n) is 1.63. The van der Waals surface area contributed by atoms with E-state index in [0.29, 0.717) is 0 Å². The predicted octanol–water partition coefficient (Wildman–Crippen LogP) is 3.32. The Kier molecular flexibility index (Phi) is 4.08. The molecule has 1 rings (SSSR count). The topological polar surface area (TPSA) is 26.0 Å². The van der Waals surface area contributed by atoms with Gasteiger partial charge in [0.1, 0.15) is 5.82 Å². The monoisotopic (exact) mass is 195 g/mol. The van der Waals surface area contributed by atoms with E-state index in [2.05, 4.69) is 6.92 Å². The minimum Gasteiger partial charge on any atom is -0.324 e. The first-order valence-corrected chi connectivity index (χ1v) is 5.16. The van der Waals surface area contributed by atoms with Gasteiger partial charge in [-0.25, -0.2) is 4.39 Å². The molecule has 0 amide bonds. The second-order valence-corrected chi connectivity index (χ2v) is 3.75. The summed E-state index contributed by atoms with van der Waals surface area (Å²) in [6.45, 7) is 4.05. The molecular weight excluding hydrogens is 177 g/mol. The summed E-state index contributed by atoms with van der Waals surface area (Å²) in [5, 5.41) is 0. The number of aryl methyl sites for hydroxylation is 1. The van der Waals surface area contributed by atoms with Crippen LogP contribution >= 0.6 is 0 Å². The van der Waals surface area contributed by atoms with Crippen molar-refractivity contribution in [3.8, 4) is 0 Å². The van der Waals surface area contributed by atoms with Crippen molar-refractivity contribution in [2.45, 2.75) is 39.2 Å². The van der Waals surface area contributed by atoms with E-state index in [1.54, 1.807) is 12.1 Å². The fraction of sp³-hybridized carbons (Fsp3) is 0.500. The summed E-state index contributed by atoms with van der Waals surface area (Å²) in [5.74, 6) is -0.186. The van der Waals surface area contributed by atoms with Gasteiger partial charge in [-0.2, -0.15) is 0 Å². The van der Waals surface area contributed by atoms with Crippen LogP contribution in [0.25, 0.3) is 0 Å². The van der Waals surface area contributed by atoms with Gasteiger partial charge in [-0.05, 0) is 36.6 Å². The molecule has 2 N–H and O–H groups in total. The van der Waals surface area contributed by atoms with Crippen LogP contribution in [0, 0.1) is 12.7 Å². The van der Waals surface area contributed by atoms with Crippen LogP contribution in [0.1, 0.15) is 43.4 Å². The first-order valence-electron chi connectivity index (χ1n) is 5.16. The molecule has 0 aromatic heterocycles. The Morgan fingerprint density at radius 2 is 2.14 bits per heavy atom. The van der Waals surface area contributed by atoms with Crippen molar-refractivity contribution in [1.29, 1.82) is 0 Å². The normalized spacial score (nSPS) is 12.9. The zero-order valence-electron chi connectivity index (χ0n) is 8.89. The van der Waals surface area contributed by atoms with Gasteiger partial charge in [0.05, 0.1) is 0 Å². The lowest BCUT2D eigenvalue weighted by Gasteiger charge is -2.14. The van der Waals surface area contributed by atoms with Crippen LogP contribution in [0.5, 0.6) is 0 Å². The van der Waals surface area contributed by atoms with Gasteiger partial charge in [0.2, 0.25) is 0 Å². The number of benzene rings is 1. The van der Waals surface area contributed by atoms with Gasteiger partial charge >= 0.3 is 0 Å². The van der Waals surface area contributed by atoms with E-state index in [1.807, 2.05) is 6.92 Å². The third-order valence-electron chi connectivity index (χ3n) is 2.50. The van der Waals surface area contributed by atoms with E-state index in [4.69, 9.17) is 5.73 Å². The molecule has 14 heavy (non-hydrogen) atoms. The Balaban J connectivity index is 2.74. The van der Waals surface area contributed by atoms with E-state index in [9.17, 15) is 4.39 Å². The Morgan fingerprint density at radius 1 is 1.43 bits per heavy atom. The van der Waals surface area contributed by atoms with E-state index in [1.165, 1.54) is 6.07 Å². The van der Waals surface area contributed by atoms with Crippen LogP contribution in [0.2, 0.25) is 0 Å². The number of halogens is 1. The summed E-state index contributed by atoms with van der Waals surface area (Å²) in [5.41, 5.74) is 8.03. The molecular formula is C12H18FN. The average Bonchev–Trinajstić information content (AvgIpc) is 2.14. The van der Waals surface area contributed by atoms with Gasteiger partial charge < -0.3 is 5.73 Å². The standard InChI is InChI=1S/C12H18FN/c1-3-4-5-12(14)11-7-6-10(13)8-9(11)2/h6-8,12H,3-5,14H2,1-2H3/t12-/m1/s1. The van der Waals surface area contributed by atoms with Crippen molar-refractivity contribution in [2.24, 2.45) is 5.73 Å². The molecule has 0 heterocycles. The number of unbranched alkanes of at least 4 members (excludes halogenated alkanes) is 1. The molecule has 1 aromatic carbocycles. The molecule has 0 saturated carbocycles. The summed E-state index contributed by atoms with van der Waals surface area (Å²) in [4.78, 5) is 0. The Morgan fingerprint density at radius 3 is 2.71 bits per heavy atom. The van der Waals surface area contributed by atoms with Gasteiger partial charge in [0, 0.05) is 6.04 Å². The van der Waals surface area contributed by atoms with Crippen molar-refractivity contribution < 1.29 is 4.39 Å². The van der Waals surface area contributed by atoms with Crippen LogP contribution in [0.4, 0.5) is 4.39 Å². The SMILES string of the molecule is CCCC[C@@H](N)c1ccc(F)cc1C. The highest BCUT2D eigenvalue weighted by atomic mass is 19.1. The molecule has 78 valence electrons. The quantitative estimate of drug-likeness (QED) is 0.783. The van der Waals surface area contributed by atoms with Crippen molar-refractivity contribution in [1.82, 2.24) is 0 Å². The van der Waals surface area contributed by atoms with Crippen LogP contribution in [0.3, 0.4) is 0 Å². The molecule has 0 aliphatic heterocycles. The van der Waals surface area contributed by atoms with Crippen molar-refractivity contribution in [2.75, 3.05) is 0 Å². The van der Waals surface area contributed by atoms with Gasteiger partial charge in [-0.15, -0.1) is 0 Å². The number of hydrogen-bond donors (Lipinski definition) is 1. The predicted molar refractivity (Wildman–Crippen MR) is 57.6 cm³/mol. The molecule has 0 unspecified atom stereocenters. The Labute approximate surface area is 85.1 Å². The zero-order valence-corrected chi connectivity index (χ0v) is 8.89. The first kappa shape index (κ1) is 11.2. The molecule has 0 aliphatic rings. The van der Waals surface area contributed by atoms with Crippen LogP contribution in [-0.2, 0) is 0 Å². The molecule has 0 fully saturated rings. The van der Waals surface area contributed by atoms with Gasteiger partial charge in [0.25, 0.3) is 0 Å². The molecule has 1 aromatic rings. The Hall–Kier alpha value is -0.890. The fourth-order valence-corrected chi connectivity index (χ4v) is 1.63. The lowest BCUT2D eigenvalue weighted by molar-refractivity contribution is 0.593. The smallest absolute Gasteiger partial charge is 0.123 e. The molecule has 1 atom stereocenters. The van der Waals surface area contributed by atoms with Crippen LogP contribution in [0.15, 0.2) is 18.2 Å². The molecule has 0 saturated heterocycles. The molecule has 0 spiro atoms. The summed E-state index contributed by atoms with van der Waals surface area (Å²) >= 11 is 0. The van der Waals surface area contributed by atoms with Crippen LogP contribution < -0.4 is 5.73 Å². The molecule has 2 heteroatoms. The summed E-state index contributed by atoms with van der Waals surface area (Å²) in [6, 6.07) is 4.87. The van der Waals surface area contributed by atoms with E-state index in [0.717, 1.165) is 30.4 Å². The summed E-state index contributed by atoms with van der Waals surface area (Å²) in [6.07, 6.45) is 3.24.